The van der Waals surface area contributed by atoms with Gasteiger partial charge in [0, 0.05) is 15.8 Å². The molecule has 1 aromatic heterocycles. The van der Waals surface area contributed by atoms with Gasteiger partial charge in [0.2, 0.25) is 0 Å². The average Bonchev–Trinajstić information content (AvgIpc) is 3.09. The van der Waals surface area contributed by atoms with Gasteiger partial charge in [-0.15, -0.1) is 17.8 Å². The molecule has 0 saturated carbocycles. The topological polar surface area (TPSA) is 9.23 Å². The number of hydrogen-bond donors (Lipinski definition) is 0. The molecule has 1 nitrogen and oxygen atoms in total. The lowest BCUT2D eigenvalue weighted by Gasteiger charge is -2.24. The third-order valence-electron chi connectivity index (χ3n) is 5.00. The van der Waals surface area contributed by atoms with Crippen LogP contribution in [0.5, 0.6) is 5.75 Å². The van der Waals surface area contributed by atoms with Crippen molar-refractivity contribution < 1.29 is 17.9 Å². The molecule has 5 heteroatoms. The number of thiophene rings is 1. The highest BCUT2D eigenvalue weighted by molar-refractivity contribution is 7.10. The van der Waals surface area contributed by atoms with E-state index in [0.29, 0.717) is 18.4 Å². The first kappa shape index (κ1) is 21.0. The minimum Gasteiger partial charge on any atom is -0.435 e. The van der Waals surface area contributed by atoms with E-state index in [1.54, 1.807) is 17.5 Å². The van der Waals surface area contributed by atoms with E-state index in [0.717, 1.165) is 22.4 Å². The minimum absolute atomic E-state index is 0.102. The maximum atomic E-state index is 14.3. The smallest absolute Gasteiger partial charge is 0.387 e. The molecule has 0 N–H and O–H groups in total. The Labute approximate surface area is 173 Å². The molecule has 29 heavy (non-hydrogen) atoms. The SMILES string of the molecule is C#CC(C)(CCCc1scc(F)c1-c1ccccc1)c1ccc(OC(F)F)cc1. The van der Waals surface area contributed by atoms with Gasteiger partial charge in [0.25, 0.3) is 0 Å². The van der Waals surface area contributed by atoms with Gasteiger partial charge in [0.15, 0.2) is 0 Å². The molecular weight excluding hydrogens is 393 g/mol. The summed E-state index contributed by atoms with van der Waals surface area (Å²) in [6.45, 7) is -0.909. The Morgan fingerprint density at radius 1 is 1.10 bits per heavy atom. The molecule has 0 radical (unpaired) electrons. The second kappa shape index (κ2) is 9.19. The van der Waals surface area contributed by atoms with Crippen molar-refractivity contribution in [1.29, 1.82) is 0 Å². The molecule has 0 aliphatic heterocycles. The van der Waals surface area contributed by atoms with Crippen LogP contribution in [0.25, 0.3) is 11.1 Å². The molecule has 1 atom stereocenters. The number of rotatable bonds is 8. The van der Waals surface area contributed by atoms with Gasteiger partial charge in [0.05, 0.1) is 5.41 Å². The maximum Gasteiger partial charge on any atom is 0.387 e. The van der Waals surface area contributed by atoms with E-state index in [4.69, 9.17) is 6.42 Å². The molecule has 0 amide bonds. The van der Waals surface area contributed by atoms with Crippen LogP contribution in [0.2, 0.25) is 0 Å². The molecule has 150 valence electrons. The van der Waals surface area contributed by atoms with E-state index in [1.807, 2.05) is 37.3 Å². The Bertz CT molecular complexity index is 974. The van der Waals surface area contributed by atoms with Crippen LogP contribution in [0, 0.1) is 18.2 Å². The van der Waals surface area contributed by atoms with E-state index < -0.39 is 12.0 Å². The van der Waals surface area contributed by atoms with Crippen molar-refractivity contribution in [2.24, 2.45) is 0 Å². The fraction of sp³-hybridized carbons (Fsp3) is 0.250. The highest BCUT2D eigenvalue weighted by Gasteiger charge is 2.24. The van der Waals surface area contributed by atoms with Crippen LogP contribution in [0.15, 0.2) is 60.0 Å². The predicted octanol–water partition coefficient (Wildman–Crippen LogP) is 7.07. The zero-order chi connectivity index (χ0) is 20.9. The normalized spacial score (nSPS) is 13.1. The molecule has 2 aromatic carbocycles. The molecule has 0 spiro atoms. The Hall–Kier alpha value is -2.71. The Morgan fingerprint density at radius 2 is 1.79 bits per heavy atom. The molecule has 3 rings (SSSR count). The molecule has 1 heterocycles. The maximum absolute atomic E-state index is 14.3. The van der Waals surface area contributed by atoms with Gasteiger partial charge in [0.1, 0.15) is 11.6 Å². The predicted molar refractivity (Wildman–Crippen MR) is 112 cm³/mol. The van der Waals surface area contributed by atoms with Crippen molar-refractivity contribution >= 4 is 11.3 Å². The molecule has 0 saturated heterocycles. The van der Waals surface area contributed by atoms with Crippen LogP contribution in [0.3, 0.4) is 0 Å². The minimum atomic E-state index is -2.86. The van der Waals surface area contributed by atoms with Crippen LogP contribution >= 0.6 is 11.3 Å². The van der Waals surface area contributed by atoms with Crippen molar-refractivity contribution in [1.82, 2.24) is 0 Å². The van der Waals surface area contributed by atoms with Crippen LogP contribution in [0.4, 0.5) is 13.2 Å². The molecular formula is C24H21F3OS. The first-order chi connectivity index (χ1) is 13.9. The lowest BCUT2D eigenvalue weighted by atomic mass is 9.79. The van der Waals surface area contributed by atoms with E-state index >= 15 is 0 Å². The Balaban J connectivity index is 1.70. The number of terminal acetylenes is 1. The summed E-state index contributed by atoms with van der Waals surface area (Å²) in [4.78, 5) is 0.994. The molecule has 0 aliphatic rings. The summed E-state index contributed by atoms with van der Waals surface area (Å²) in [5, 5.41) is 1.54. The van der Waals surface area contributed by atoms with E-state index in [2.05, 4.69) is 10.7 Å². The lowest BCUT2D eigenvalue weighted by Crippen LogP contribution is -2.19. The summed E-state index contributed by atoms with van der Waals surface area (Å²) in [7, 11) is 0. The van der Waals surface area contributed by atoms with Crippen molar-refractivity contribution in [2.75, 3.05) is 0 Å². The summed E-state index contributed by atoms with van der Waals surface area (Å²) in [5.41, 5.74) is 1.84. The number of hydrogen-bond acceptors (Lipinski definition) is 2. The molecule has 0 bridgehead atoms. The van der Waals surface area contributed by atoms with Crippen LogP contribution in [-0.2, 0) is 11.8 Å². The summed E-state index contributed by atoms with van der Waals surface area (Å²) in [5.74, 6) is 2.73. The van der Waals surface area contributed by atoms with Gasteiger partial charge in [-0.05, 0) is 49.4 Å². The van der Waals surface area contributed by atoms with Gasteiger partial charge in [-0.1, -0.05) is 48.4 Å². The van der Waals surface area contributed by atoms with Gasteiger partial charge in [-0.3, -0.25) is 0 Å². The molecule has 1 unspecified atom stereocenters. The molecule has 0 aliphatic carbocycles. The van der Waals surface area contributed by atoms with E-state index in [9.17, 15) is 13.2 Å². The number of halogens is 3. The van der Waals surface area contributed by atoms with Crippen molar-refractivity contribution in [3.05, 3.63) is 76.2 Å². The monoisotopic (exact) mass is 414 g/mol. The summed E-state index contributed by atoms with van der Waals surface area (Å²) < 4.78 is 43.4. The average molecular weight is 414 g/mol. The van der Waals surface area contributed by atoms with Gasteiger partial charge in [-0.2, -0.15) is 8.78 Å². The summed E-state index contributed by atoms with van der Waals surface area (Å²) >= 11 is 1.42. The van der Waals surface area contributed by atoms with Gasteiger partial charge < -0.3 is 4.74 Å². The van der Waals surface area contributed by atoms with Crippen molar-refractivity contribution in [3.63, 3.8) is 0 Å². The third kappa shape index (κ3) is 5.02. The number of aryl methyl sites for hydroxylation is 1. The third-order valence-corrected chi connectivity index (χ3v) is 6.02. The first-order valence-corrected chi connectivity index (χ1v) is 10.2. The second-order valence-electron chi connectivity index (χ2n) is 6.98. The van der Waals surface area contributed by atoms with Crippen LogP contribution in [-0.4, -0.2) is 6.61 Å². The lowest BCUT2D eigenvalue weighted by molar-refractivity contribution is -0.0498. The van der Waals surface area contributed by atoms with Gasteiger partial charge in [-0.25, -0.2) is 4.39 Å². The number of ether oxygens (including phenoxy) is 1. The standard InChI is InChI=1S/C24H21F3OS/c1-3-24(2,18-11-13-19(14-12-18)28-23(26)27)15-7-10-21-22(20(25)16-29-21)17-8-5-4-6-9-17/h1,4-6,8-9,11-14,16,23H,7,10,15H2,2H3. The van der Waals surface area contributed by atoms with Gasteiger partial charge >= 0.3 is 6.61 Å². The second-order valence-corrected chi connectivity index (χ2v) is 7.94. The fourth-order valence-corrected chi connectivity index (χ4v) is 4.33. The largest absolute Gasteiger partial charge is 0.435 e. The van der Waals surface area contributed by atoms with Crippen molar-refractivity contribution in [2.45, 2.75) is 38.2 Å². The van der Waals surface area contributed by atoms with Crippen LogP contribution in [0.1, 0.15) is 30.2 Å². The van der Waals surface area contributed by atoms with Crippen molar-refractivity contribution in [3.8, 4) is 29.2 Å². The summed E-state index contributed by atoms with van der Waals surface area (Å²) in [6.07, 6.45) is 7.98. The highest BCUT2D eigenvalue weighted by atomic mass is 32.1. The Kier molecular flexibility index (Phi) is 6.66. The molecule has 3 aromatic rings. The zero-order valence-electron chi connectivity index (χ0n) is 16.0. The Morgan fingerprint density at radius 3 is 2.41 bits per heavy atom. The van der Waals surface area contributed by atoms with Crippen LogP contribution < -0.4 is 4.74 Å². The first-order valence-electron chi connectivity index (χ1n) is 9.27. The number of alkyl halides is 2. The fourth-order valence-electron chi connectivity index (χ4n) is 3.37. The zero-order valence-corrected chi connectivity index (χ0v) is 16.8. The number of benzene rings is 2. The highest BCUT2D eigenvalue weighted by Crippen LogP contribution is 2.35. The summed E-state index contributed by atoms with van der Waals surface area (Å²) in [6, 6.07) is 15.9. The molecule has 0 fully saturated rings. The van der Waals surface area contributed by atoms with E-state index in [-0.39, 0.29) is 11.6 Å². The quantitative estimate of drug-likeness (QED) is 0.358. The van der Waals surface area contributed by atoms with E-state index in [1.165, 1.54) is 23.5 Å².